The van der Waals surface area contributed by atoms with Crippen molar-refractivity contribution in [1.29, 1.82) is 0 Å². The van der Waals surface area contributed by atoms with Gasteiger partial charge in [-0.05, 0) is 29.8 Å². The number of alkyl halides is 1. The maximum absolute atomic E-state index is 13.8. The van der Waals surface area contributed by atoms with E-state index in [1.807, 2.05) is 0 Å². The van der Waals surface area contributed by atoms with E-state index in [1.54, 1.807) is 6.07 Å². The third-order valence-electron chi connectivity index (χ3n) is 2.49. The summed E-state index contributed by atoms with van der Waals surface area (Å²) >= 11 is 8.91. The minimum atomic E-state index is -0.633. The molecule has 0 amide bonds. The number of nitro benzene ring substituents is 1. The third-order valence-corrected chi connectivity index (χ3v) is 3.37. The lowest BCUT2D eigenvalue weighted by molar-refractivity contribution is -0.385. The molecule has 0 saturated heterocycles. The lowest BCUT2D eigenvalue weighted by Crippen LogP contribution is -1.95. The number of benzene rings is 2. The Morgan fingerprint density at radius 1 is 1.25 bits per heavy atom. The average Bonchev–Trinajstić information content (AvgIpc) is 2.42. The third kappa shape index (κ3) is 3.26. The Labute approximate surface area is 127 Å². The fourth-order valence-electron chi connectivity index (χ4n) is 1.55. The second-order valence-corrected chi connectivity index (χ2v) is 4.87. The highest BCUT2D eigenvalue weighted by Crippen LogP contribution is 2.34. The predicted octanol–water partition coefficient (Wildman–Crippen LogP) is 5.07. The highest BCUT2D eigenvalue weighted by atomic mass is 79.9. The van der Waals surface area contributed by atoms with Gasteiger partial charge < -0.3 is 4.74 Å². The summed E-state index contributed by atoms with van der Waals surface area (Å²) < 4.78 is 19.1. The molecule has 0 N–H and O–H groups in total. The molecule has 104 valence electrons. The molecule has 2 aromatic rings. The van der Waals surface area contributed by atoms with Gasteiger partial charge in [-0.1, -0.05) is 33.6 Å². The second-order valence-electron chi connectivity index (χ2n) is 3.87. The van der Waals surface area contributed by atoms with Crippen molar-refractivity contribution in [2.45, 2.75) is 5.33 Å². The van der Waals surface area contributed by atoms with Crippen LogP contribution in [0.15, 0.2) is 36.4 Å². The van der Waals surface area contributed by atoms with Gasteiger partial charge in [-0.25, -0.2) is 4.39 Å². The molecule has 0 bridgehead atoms. The summed E-state index contributed by atoms with van der Waals surface area (Å²) in [6, 6.07) is 8.31. The van der Waals surface area contributed by atoms with Crippen molar-refractivity contribution in [3.05, 3.63) is 62.9 Å². The topological polar surface area (TPSA) is 52.4 Å². The van der Waals surface area contributed by atoms with Gasteiger partial charge in [-0.3, -0.25) is 10.1 Å². The molecule has 20 heavy (non-hydrogen) atoms. The van der Waals surface area contributed by atoms with Crippen LogP contribution >= 0.6 is 27.5 Å². The molecule has 0 aliphatic rings. The first-order chi connectivity index (χ1) is 9.51. The van der Waals surface area contributed by atoms with Crippen LogP contribution in [0.25, 0.3) is 0 Å². The SMILES string of the molecule is O=[N+]([O-])c1cc(Cl)ccc1Oc1ccc(CBr)cc1F. The van der Waals surface area contributed by atoms with Gasteiger partial charge in [-0.2, -0.15) is 0 Å². The van der Waals surface area contributed by atoms with E-state index in [2.05, 4.69) is 15.9 Å². The Kier molecular flexibility index (Phi) is 4.57. The fraction of sp³-hybridized carbons (Fsp3) is 0.0769. The molecule has 0 radical (unpaired) electrons. The van der Waals surface area contributed by atoms with Gasteiger partial charge in [0.1, 0.15) is 0 Å². The van der Waals surface area contributed by atoms with Crippen molar-refractivity contribution in [3.63, 3.8) is 0 Å². The maximum atomic E-state index is 13.8. The summed E-state index contributed by atoms with van der Waals surface area (Å²) in [5.74, 6) is -0.740. The van der Waals surface area contributed by atoms with Gasteiger partial charge in [0, 0.05) is 16.4 Å². The van der Waals surface area contributed by atoms with Crippen LogP contribution in [0.5, 0.6) is 11.5 Å². The summed E-state index contributed by atoms with van der Waals surface area (Å²) in [5.41, 5.74) is 0.418. The van der Waals surface area contributed by atoms with E-state index in [1.165, 1.54) is 24.3 Å². The summed E-state index contributed by atoms with van der Waals surface area (Å²) in [7, 11) is 0. The first-order valence-corrected chi connectivity index (χ1v) is 6.97. The second kappa shape index (κ2) is 6.19. The molecular weight excluding hydrogens is 353 g/mol. The molecule has 0 atom stereocenters. The molecule has 4 nitrogen and oxygen atoms in total. The molecule has 7 heteroatoms. The Morgan fingerprint density at radius 3 is 2.55 bits per heavy atom. The van der Waals surface area contributed by atoms with Gasteiger partial charge in [0.05, 0.1) is 4.92 Å². The van der Waals surface area contributed by atoms with Gasteiger partial charge in [-0.15, -0.1) is 0 Å². The molecule has 0 aromatic heterocycles. The lowest BCUT2D eigenvalue weighted by atomic mass is 10.2. The van der Waals surface area contributed by atoms with Crippen molar-refractivity contribution in [1.82, 2.24) is 0 Å². The predicted molar refractivity (Wildman–Crippen MR) is 77.2 cm³/mol. The van der Waals surface area contributed by atoms with Crippen molar-refractivity contribution in [2.75, 3.05) is 0 Å². The van der Waals surface area contributed by atoms with E-state index in [9.17, 15) is 14.5 Å². The van der Waals surface area contributed by atoms with Crippen LogP contribution in [0.4, 0.5) is 10.1 Å². The van der Waals surface area contributed by atoms with Crippen LogP contribution in [0.3, 0.4) is 0 Å². The summed E-state index contributed by atoms with van der Waals surface area (Å²) in [6.07, 6.45) is 0. The minimum absolute atomic E-state index is 0.0649. The molecule has 0 aliphatic carbocycles. The summed E-state index contributed by atoms with van der Waals surface area (Å²) in [4.78, 5) is 10.3. The van der Waals surface area contributed by atoms with Crippen LogP contribution in [0.1, 0.15) is 5.56 Å². The molecule has 0 spiro atoms. The van der Waals surface area contributed by atoms with E-state index < -0.39 is 10.7 Å². The zero-order valence-electron chi connectivity index (χ0n) is 9.98. The summed E-state index contributed by atoms with van der Waals surface area (Å²) in [5, 5.41) is 11.6. The van der Waals surface area contributed by atoms with Gasteiger partial charge in [0.25, 0.3) is 0 Å². The normalized spacial score (nSPS) is 10.3. The van der Waals surface area contributed by atoms with E-state index >= 15 is 0 Å². The molecule has 2 aromatic carbocycles. The quantitative estimate of drug-likeness (QED) is 0.434. The van der Waals surface area contributed by atoms with E-state index in [-0.39, 0.29) is 22.2 Å². The van der Waals surface area contributed by atoms with Crippen molar-refractivity contribution in [3.8, 4) is 11.5 Å². The molecule has 0 unspecified atom stereocenters. The van der Waals surface area contributed by atoms with Crippen LogP contribution in [0, 0.1) is 15.9 Å². The van der Waals surface area contributed by atoms with E-state index in [4.69, 9.17) is 16.3 Å². The monoisotopic (exact) mass is 359 g/mol. The Morgan fingerprint density at radius 2 is 1.95 bits per heavy atom. The number of hydrogen-bond acceptors (Lipinski definition) is 3. The largest absolute Gasteiger partial charge is 0.447 e. The van der Waals surface area contributed by atoms with Gasteiger partial charge in [0.15, 0.2) is 11.6 Å². The molecular formula is C13H8BrClFNO3. The van der Waals surface area contributed by atoms with Crippen molar-refractivity contribution < 1.29 is 14.1 Å². The van der Waals surface area contributed by atoms with E-state index in [0.717, 1.165) is 11.6 Å². The number of halogens is 3. The Bertz CT molecular complexity index is 666. The van der Waals surface area contributed by atoms with Crippen LogP contribution in [0.2, 0.25) is 5.02 Å². The highest BCUT2D eigenvalue weighted by molar-refractivity contribution is 9.08. The van der Waals surface area contributed by atoms with Crippen molar-refractivity contribution >= 4 is 33.2 Å². The molecule has 0 fully saturated rings. The first kappa shape index (κ1) is 14.7. The minimum Gasteiger partial charge on any atom is -0.447 e. The maximum Gasteiger partial charge on any atom is 0.313 e. The van der Waals surface area contributed by atoms with Gasteiger partial charge >= 0.3 is 5.69 Å². The molecule has 0 saturated carbocycles. The van der Waals surface area contributed by atoms with Crippen LogP contribution in [-0.4, -0.2) is 4.92 Å². The standard InChI is InChI=1S/C13H8BrClFNO3/c14-7-8-1-3-12(10(16)5-8)20-13-4-2-9(15)6-11(13)17(18)19/h1-6H,7H2. The lowest BCUT2D eigenvalue weighted by Gasteiger charge is -2.08. The number of hydrogen-bond donors (Lipinski definition) is 0. The zero-order chi connectivity index (χ0) is 14.7. The van der Waals surface area contributed by atoms with Crippen LogP contribution < -0.4 is 4.74 Å². The zero-order valence-corrected chi connectivity index (χ0v) is 12.3. The molecule has 2 rings (SSSR count). The Balaban J connectivity index is 2.37. The van der Waals surface area contributed by atoms with E-state index in [0.29, 0.717) is 5.33 Å². The number of nitrogens with zero attached hydrogens (tertiary/aromatic N) is 1. The summed E-state index contributed by atoms with van der Waals surface area (Å²) in [6.45, 7) is 0. The average molecular weight is 361 g/mol. The van der Waals surface area contributed by atoms with Gasteiger partial charge in [0.2, 0.25) is 5.75 Å². The fourth-order valence-corrected chi connectivity index (χ4v) is 2.06. The molecule has 0 aliphatic heterocycles. The first-order valence-electron chi connectivity index (χ1n) is 5.47. The number of ether oxygens (including phenoxy) is 1. The number of rotatable bonds is 4. The smallest absolute Gasteiger partial charge is 0.313 e. The van der Waals surface area contributed by atoms with Crippen molar-refractivity contribution in [2.24, 2.45) is 0 Å². The molecule has 0 heterocycles. The Hall–Kier alpha value is -1.66. The van der Waals surface area contributed by atoms with Crippen LogP contribution in [-0.2, 0) is 5.33 Å². The number of nitro groups is 1. The highest BCUT2D eigenvalue weighted by Gasteiger charge is 2.17.